The lowest BCUT2D eigenvalue weighted by Crippen LogP contribution is -2.52. The van der Waals surface area contributed by atoms with E-state index < -0.39 is 0 Å². The molecule has 3 fully saturated rings. The van der Waals surface area contributed by atoms with Gasteiger partial charge in [0, 0.05) is 18.6 Å². The topological polar surface area (TPSA) is 32.5 Å². The van der Waals surface area contributed by atoms with E-state index in [4.69, 9.17) is 5.73 Å². The summed E-state index contributed by atoms with van der Waals surface area (Å²) in [6.07, 6.45) is 9.66. The lowest BCUT2D eigenvalue weighted by Gasteiger charge is -2.46. The molecule has 3 saturated heterocycles. The Balaban J connectivity index is 0.00000133. The number of nitrogens with two attached hydrogens (primary N) is 1. The van der Waals surface area contributed by atoms with Crippen LogP contribution in [0.15, 0.2) is 0 Å². The number of halogens is 3. The molecule has 3 nitrogen and oxygen atoms in total. The summed E-state index contributed by atoms with van der Waals surface area (Å²) in [5.41, 5.74) is 6.00. The molecule has 0 aromatic carbocycles. The van der Waals surface area contributed by atoms with Crippen molar-refractivity contribution in [2.45, 2.75) is 57.0 Å². The highest BCUT2D eigenvalue weighted by atomic mass is 35.5. The van der Waals surface area contributed by atoms with Crippen LogP contribution < -0.4 is 5.73 Å². The molecule has 0 saturated carbocycles. The van der Waals surface area contributed by atoms with Crippen molar-refractivity contribution < 1.29 is 0 Å². The van der Waals surface area contributed by atoms with E-state index in [1.807, 2.05) is 0 Å². The first-order chi connectivity index (χ1) is 8.83. The van der Waals surface area contributed by atoms with E-state index >= 15 is 0 Å². The molecule has 3 aliphatic heterocycles. The van der Waals surface area contributed by atoms with Gasteiger partial charge in [-0.1, -0.05) is 6.42 Å². The predicted octanol–water partition coefficient (Wildman–Crippen LogP) is 2.94. The second-order valence-electron chi connectivity index (χ2n) is 6.64. The van der Waals surface area contributed by atoms with Crippen LogP contribution in [-0.2, 0) is 0 Å². The molecule has 3 heterocycles. The van der Waals surface area contributed by atoms with Gasteiger partial charge < -0.3 is 15.5 Å². The van der Waals surface area contributed by atoms with Gasteiger partial charge >= 0.3 is 0 Å². The maximum atomic E-state index is 6.00. The van der Waals surface area contributed by atoms with Crippen LogP contribution >= 0.6 is 37.2 Å². The lowest BCUT2D eigenvalue weighted by molar-refractivity contribution is 0.0361. The Morgan fingerprint density at radius 2 is 1.43 bits per heavy atom. The van der Waals surface area contributed by atoms with Crippen molar-refractivity contribution in [3.05, 3.63) is 0 Å². The van der Waals surface area contributed by atoms with E-state index in [1.54, 1.807) is 0 Å². The fraction of sp³-hybridized carbons (Fsp3) is 1.00. The highest BCUT2D eigenvalue weighted by Crippen LogP contribution is 2.31. The Labute approximate surface area is 148 Å². The van der Waals surface area contributed by atoms with E-state index in [9.17, 15) is 0 Å². The third-order valence-corrected chi connectivity index (χ3v) is 5.35. The number of hydrogen-bond acceptors (Lipinski definition) is 3. The van der Waals surface area contributed by atoms with E-state index in [2.05, 4.69) is 9.80 Å². The number of likely N-dealkylation sites (tertiary alicyclic amines) is 1. The van der Waals surface area contributed by atoms with E-state index in [0.29, 0.717) is 6.04 Å². The molecule has 21 heavy (non-hydrogen) atoms. The minimum Gasteiger partial charge on any atom is -0.328 e. The summed E-state index contributed by atoms with van der Waals surface area (Å²) in [4.78, 5) is 5.47. The van der Waals surface area contributed by atoms with Crippen molar-refractivity contribution in [3.8, 4) is 0 Å². The molecule has 3 rings (SSSR count). The maximum Gasteiger partial charge on any atom is 0.0136 e. The van der Waals surface area contributed by atoms with Gasteiger partial charge in [0.1, 0.15) is 0 Å². The van der Waals surface area contributed by atoms with Gasteiger partial charge in [-0.15, -0.1) is 37.2 Å². The highest BCUT2D eigenvalue weighted by molar-refractivity contribution is 5.86. The van der Waals surface area contributed by atoms with Gasteiger partial charge in [0.2, 0.25) is 0 Å². The second kappa shape index (κ2) is 10.5. The molecule has 0 aliphatic carbocycles. The number of hydrogen-bond donors (Lipinski definition) is 1. The van der Waals surface area contributed by atoms with Gasteiger partial charge in [0.25, 0.3) is 0 Å². The van der Waals surface area contributed by atoms with Crippen LogP contribution in [0.4, 0.5) is 0 Å². The average molecular weight is 361 g/mol. The van der Waals surface area contributed by atoms with E-state index in [-0.39, 0.29) is 37.2 Å². The summed E-state index contributed by atoms with van der Waals surface area (Å²) in [7, 11) is 0. The summed E-state index contributed by atoms with van der Waals surface area (Å²) >= 11 is 0. The molecule has 0 unspecified atom stereocenters. The van der Waals surface area contributed by atoms with Crippen molar-refractivity contribution in [2.75, 3.05) is 32.7 Å². The largest absolute Gasteiger partial charge is 0.328 e. The minimum absolute atomic E-state index is 0. The maximum absolute atomic E-state index is 6.00. The zero-order valence-electron chi connectivity index (χ0n) is 12.9. The third kappa shape index (κ3) is 5.71. The molecule has 3 aliphatic rings. The Morgan fingerprint density at radius 3 is 2.14 bits per heavy atom. The fourth-order valence-electron chi connectivity index (χ4n) is 4.26. The van der Waals surface area contributed by atoms with Crippen LogP contribution in [0.1, 0.15) is 44.9 Å². The first-order valence-corrected chi connectivity index (χ1v) is 8.05. The molecule has 0 bridgehead atoms. The molecule has 0 radical (unpaired) electrons. The van der Waals surface area contributed by atoms with Gasteiger partial charge in [-0.2, -0.15) is 0 Å². The summed E-state index contributed by atoms with van der Waals surface area (Å²) in [5.74, 6) is 0.938. The van der Waals surface area contributed by atoms with Crippen LogP contribution in [0.3, 0.4) is 0 Å². The van der Waals surface area contributed by atoms with Crippen LogP contribution in [0.2, 0.25) is 0 Å². The summed E-state index contributed by atoms with van der Waals surface area (Å²) in [6.45, 7) is 6.56. The average Bonchev–Trinajstić information content (AvgIpc) is 2.42. The van der Waals surface area contributed by atoms with Crippen molar-refractivity contribution in [2.24, 2.45) is 11.7 Å². The van der Waals surface area contributed by atoms with Crippen LogP contribution in [0.25, 0.3) is 0 Å². The second-order valence-corrected chi connectivity index (χ2v) is 6.64. The number of rotatable bonds is 2. The Hall–Kier alpha value is 0.750. The van der Waals surface area contributed by atoms with Crippen molar-refractivity contribution in [1.82, 2.24) is 9.80 Å². The molecule has 0 aromatic heterocycles. The first-order valence-electron chi connectivity index (χ1n) is 8.05. The third-order valence-electron chi connectivity index (χ3n) is 5.35. The molecular weight excluding hydrogens is 329 g/mol. The standard InChI is InChI=1S/C15H29N3.3ClH/c16-14-6-10-17(11-7-14)12-13-4-3-9-18-8-2-1-5-15(13)18;;;/h13-15H,1-12,16H2;3*1H/t13-,15+;;;/m0.../s1. The van der Waals surface area contributed by atoms with Gasteiger partial charge in [-0.25, -0.2) is 0 Å². The molecule has 2 N–H and O–H groups in total. The van der Waals surface area contributed by atoms with E-state index in [0.717, 1.165) is 12.0 Å². The van der Waals surface area contributed by atoms with Crippen LogP contribution in [0.5, 0.6) is 0 Å². The summed E-state index contributed by atoms with van der Waals surface area (Å²) in [5, 5.41) is 0. The zero-order chi connectivity index (χ0) is 12.4. The number of fused-ring (bicyclic) bond motifs is 1. The zero-order valence-corrected chi connectivity index (χ0v) is 15.4. The Morgan fingerprint density at radius 1 is 0.762 bits per heavy atom. The van der Waals surface area contributed by atoms with Crippen LogP contribution in [-0.4, -0.2) is 54.6 Å². The Kier molecular flexibility index (Phi) is 10.9. The van der Waals surface area contributed by atoms with E-state index in [1.165, 1.54) is 77.7 Å². The van der Waals surface area contributed by atoms with Crippen molar-refractivity contribution in [1.29, 1.82) is 0 Å². The number of nitrogens with zero attached hydrogens (tertiary/aromatic N) is 2. The van der Waals surface area contributed by atoms with Gasteiger partial charge in [-0.3, -0.25) is 0 Å². The highest BCUT2D eigenvalue weighted by Gasteiger charge is 2.34. The molecule has 6 heteroatoms. The molecular formula is C15H32Cl3N3. The van der Waals surface area contributed by atoms with Gasteiger partial charge in [0.15, 0.2) is 0 Å². The smallest absolute Gasteiger partial charge is 0.0136 e. The van der Waals surface area contributed by atoms with Crippen molar-refractivity contribution >= 4 is 37.2 Å². The predicted molar refractivity (Wildman–Crippen MR) is 97.3 cm³/mol. The monoisotopic (exact) mass is 359 g/mol. The Bertz CT molecular complexity index is 271. The quantitative estimate of drug-likeness (QED) is 0.821. The first kappa shape index (κ1) is 21.8. The summed E-state index contributed by atoms with van der Waals surface area (Å²) < 4.78 is 0. The molecule has 0 amide bonds. The normalized spacial score (nSPS) is 31.3. The lowest BCUT2D eigenvalue weighted by atomic mass is 9.83. The number of piperidine rings is 3. The fourth-order valence-corrected chi connectivity index (χ4v) is 4.26. The molecule has 128 valence electrons. The molecule has 2 atom stereocenters. The van der Waals surface area contributed by atoms with Crippen LogP contribution in [0, 0.1) is 5.92 Å². The minimum atomic E-state index is 0. The summed E-state index contributed by atoms with van der Waals surface area (Å²) in [6, 6.07) is 1.38. The molecule has 0 aromatic rings. The van der Waals surface area contributed by atoms with Gasteiger partial charge in [0.05, 0.1) is 0 Å². The van der Waals surface area contributed by atoms with Gasteiger partial charge in [-0.05, 0) is 70.6 Å². The molecule has 0 spiro atoms. The van der Waals surface area contributed by atoms with Crippen molar-refractivity contribution in [3.63, 3.8) is 0 Å². The SMILES string of the molecule is Cl.Cl.Cl.NC1CCN(C[C@@H]2CCCN3CCCC[C@H]23)CC1.